The SMILES string of the molecule is CC(C)CN(CCC#N)c1nc(Cl)nc(N2CCCC2)n1. The lowest BCUT2D eigenvalue weighted by Crippen LogP contribution is -2.31. The van der Waals surface area contributed by atoms with Crippen LogP contribution >= 0.6 is 11.6 Å². The maximum absolute atomic E-state index is 8.81. The summed E-state index contributed by atoms with van der Waals surface area (Å²) in [5.41, 5.74) is 0. The van der Waals surface area contributed by atoms with Gasteiger partial charge in [0.2, 0.25) is 17.2 Å². The third-order valence-electron chi connectivity index (χ3n) is 3.34. The summed E-state index contributed by atoms with van der Waals surface area (Å²) in [4.78, 5) is 17.2. The Morgan fingerprint density at radius 1 is 1.29 bits per heavy atom. The van der Waals surface area contributed by atoms with Crippen molar-refractivity contribution >= 4 is 23.5 Å². The van der Waals surface area contributed by atoms with Crippen molar-refractivity contribution in [3.05, 3.63) is 5.28 Å². The summed E-state index contributed by atoms with van der Waals surface area (Å²) >= 11 is 6.06. The quantitative estimate of drug-likeness (QED) is 0.804. The van der Waals surface area contributed by atoms with Gasteiger partial charge in [0, 0.05) is 26.2 Å². The molecule has 2 rings (SSSR count). The molecule has 114 valence electrons. The summed E-state index contributed by atoms with van der Waals surface area (Å²) < 4.78 is 0. The van der Waals surface area contributed by atoms with Crippen LogP contribution in [0.2, 0.25) is 5.28 Å². The second kappa shape index (κ2) is 7.41. The minimum absolute atomic E-state index is 0.215. The minimum atomic E-state index is 0.215. The molecule has 0 atom stereocenters. The predicted octanol–water partition coefficient (Wildman–Crippen LogP) is 2.50. The van der Waals surface area contributed by atoms with E-state index >= 15 is 0 Å². The summed E-state index contributed by atoms with van der Waals surface area (Å²) in [6, 6.07) is 2.17. The molecule has 1 saturated heterocycles. The van der Waals surface area contributed by atoms with Gasteiger partial charge in [-0.1, -0.05) is 13.8 Å². The Bertz CT molecular complexity index is 507. The van der Waals surface area contributed by atoms with Gasteiger partial charge in [0.15, 0.2) is 0 Å². The average molecular weight is 309 g/mol. The van der Waals surface area contributed by atoms with E-state index in [0.29, 0.717) is 30.8 Å². The van der Waals surface area contributed by atoms with Crippen LogP contribution in [0.5, 0.6) is 0 Å². The molecule has 1 aromatic rings. The molecule has 6 nitrogen and oxygen atoms in total. The predicted molar refractivity (Wildman–Crippen MR) is 83.6 cm³/mol. The molecular weight excluding hydrogens is 288 g/mol. The molecule has 0 saturated carbocycles. The molecule has 0 aliphatic carbocycles. The zero-order valence-electron chi connectivity index (χ0n) is 12.6. The highest BCUT2D eigenvalue weighted by atomic mass is 35.5. The maximum atomic E-state index is 8.81. The van der Waals surface area contributed by atoms with E-state index in [1.54, 1.807) is 0 Å². The highest BCUT2D eigenvalue weighted by Crippen LogP contribution is 2.21. The molecule has 1 fully saturated rings. The second-order valence-corrected chi connectivity index (χ2v) is 5.98. The van der Waals surface area contributed by atoms with Crippen molar-refractivity contribution in [2.45, 2.75) is 33.1 Å². The first-order valence-corrected chi connectivity index (χ1v) is 7.76. The topological polar surface area (TPSA) is 68.9 Å². The molecule has 0 spiro atoms. The Kier molecular flexibility index (Phi) is 5.57. The zero-order chi connectivity index (χ0) is 15.2. The lowest BCUT2D eigenvalue weighted by atomic mass is 10.2. The Morgan fingerprint density at radius 3 is 2.62 bits per heavy atom. The first-order valence-electron chi connectivity index (χ1n) is 7.38. The van der Waals surface area contributed by atoms with Gasteiger partial charge in [-0.25, -0.2) is 0 Å². The molecule has 0 bridgehead atoms. The van der Waals surface area contributed by atoms with Crippen molar-refractivity contribution in [1.82, 2.24) is 15.0 Å². The molecule has 0 amide bonds. The smallest absolute Gasteiger partial charge is 0.231 e. The van der Waals surface area contributed by atoms with Gasteiger partial charge in [-0.15, -0.1) is 0 Å². The minimum Gasteiger partial charge on any atom is -0.341 e. The lowest BCUT2D eigenvalue weighted by molar-refractivity contribution is 0.601. The molecular formula is C14H21ClN6. The van der Waals surface area contributed by atoms with Gasteiger partial charge in [-0.05, 0) is 30.4 Å². The largest absolute Gasteiger partial charge is 0.341 e. The monoisotopic (exact) mass is 308 g/mol. The Hall–Kier alpha value is -1.61. The van der Waals surface area contributed by atoms with E-state index in [9.17, 15) is 0 Å². The number of nitriles is 1. The van der Waals surface area contributed by atoms with Crippen molar-refractivity contribution in [2.75, 3.05) is 36.0 Å². The summed E-state index contributed by atoms with van der Waals surface area (Å²) in [7, 11) is 0. The first kappa shape index (κ1) is 15.8. The van der Waals surface area contributed by atoms with E-state index in [-0.39, 0.29) is 5.28 Å². The van der Waals surface area contributed by atoms with Crippen LogP contribution in [0, 0.1) is 17.2 Å². The number of anilines is 2. The van der Waals surface area contributed by atoms with Crippen molar-refractivity contribution in [2.24, 2.45) is 5.92 Å². The van der Waals surface area contributed by atoms with Gasteiger partial charge in [0.1, 0.15) is 0 Å². The van der Waals surface area contributed by atoms with Gasteiger partial charge in [-0.2, -0.15) is 20.2 Å². The van der Waals surface area contributed by atoms with Gasteiger partial charge >= 0.3 is 0 Å². The van der Waals surface area contributed by atoms with Crippen LogP contribution in [0.4, 0.5) is 11.9 Å². The molecule has 7 heteroatoms. The van der Waals surface area contributed by atoms with Gasteiger partial charge in [0.05, 0.1) is 12.5 Å². The Balaban J connectivity index is 2.23. The van der Waals surface area contributed by atoms with E-state index in [1.807, 2.05) is 4.90 Å². The standard InChI is InChI=1S/C14H21ClN6/c1-11(2)10-21(9-5-6-16)14-18-12(15)17-13(19-14)20-7-3-4-8-20/h11H,3-5,7-10H2,1-2H3. The Labute approximate surface area is 130 Å². The van der Waals surface area contributed by atoms with Crippen LogP contribution in [0.25, 0.3) is 0 Å². The van der Waals surface area contributed by atoms with Crippen LogP contribution in [-0.2, 0) is 0 Å². The van der Waals surface area contributed by atoms with Crippen LogP contribution in [0.1, 0.15) is 33.1 Å². The highest BCUT2D eigenvalue weighted by Gasteiger charge is 2.19. The van der Waals surface area contributed by atoms with Crippen LogP contribution in [-0.4, -0.2) is 41.1 Å². The lowest BCUT2D eigenvalue weighted by Gasteiger charge is -2.25. The number of hydrogen-bond donors (Lipinski definition) is 0. The number of hydrogen-bond acceptors (Lipinski definition) is 6. The normalized spacial score (nSPS) is 14.5. The summed E-state index contributed by atoms with van der Waals surface area (Å²) in [5, 5.41) is 9.03. The van der Waals surface area contributed by atoms with E-state index in [4.69, 9.17) is 16.9 Å². The summed E-state index contributed by atoms with van der Waals surface area (Å²) in [5.74, 6) is 1.67. The second-order valence-electron chi connectivity index (χ2n) is 5.65. The van der Waals surface area contributed by atoms with Crippen molar-refractivity contribution in [3.63, 3.8) is 0 Å². The van der Waals surface area contributed by atoms with E-state index in [1.165, 1.54) is 0 Å². The van der Waals surface area contributed by atoms with Crippen molar-refractivity contribution in [3.8, 4) is 6.07 Å². The van der Waals surface area contributed by atoms with Gasteiger partial charge in [-0.3, -0.25) is 0 Å². The van der Waals surface area contributed by atoms with Crippen molar-refractivity contribution < 1.29 is 0 Å². The molecule has 1 aliphatic rings. The zero-order valence-corrected chi connectivity index (χ0v) is 13.3. The third-order valence-corrected chi connectivity index (χ3v) is 3.50. The van der Waals surface area contributed by atoms with E-state index < -0.39 is 0 Å². The molecule has 0 radical (unpaired) electrons. The number of nitrogens with zero attached hydrogens (tertiary/aromatic N) is 6. The molecule has 1 aromatic heterocycles. The maximum Gasteiger partial charge on any atom is 0.231 e. The van der Waals surface area contributed by atoms with Gasteiger partial charge in [0.25, 0.3) is 0 Å². The number of halogens is 1. The molecule has 2 heterocycles. The van der Waals surface area contributed by atoms with Gasteiger partial charge < -0.3 is 9.80 Å². The fraction of sp³-hybridized carbons (Fsp3) is 0.714. The molecule has 1 aliphatic heterocycles. The highest BCUT2D eigenvalue weighted by molar-refractivity contribution is 6.28. The fourth-order valence-corrected chi connectivity index (χ4v) is 2.58. The van der Waals surface area contributed by atoms with E-state index in [2.05, 4.69) is 39.8 Å². The number of aromatic nitrogens is 3. The Morgan fingerprint density at radius 2 is 2.00 bits per heavy atom. The average Bonchev–Trinajstić information content (AvgIpc) is 2.96. The molecule has 0 aromatic carbocycles. The number of rotatable bonds is 6. The third kappa shape index (κ3) is 4.43. The summed E-state index contributed by atoms with van der Waals surface area (Å²) in [6.45, 7) is 7.58. The molecule has 0 unspecified atom stereocenters. The summed E-state index contributed by atoms with van der Waals surface area (Å²) in [6.07, 6.45) is 2.75. The first-order chi connectivity index (χ1) is 10.1. The van der Waals surface area contributed by atoms with Crippen LogP contribution in [0.15, 0.2) is 0 Å². The van der Waals surface area contributed by atoms with Crippen LogP contribution < -0.4 is 9.80 Å². The van der Waals surface area contributed by atoms with E-state index in [0.717, 1.165) is 32.5 Å². The molecule has 0 N–H and O–H groups in total. The molecule has 21 heavy (non-hydrogen) atoms. The van der Waals surface area contributed by atoms with Crippen molar-refractivity contribution in [1.29, 1.82) is 5.26 Å². The van der Waals surface area contributed by atoms with Crippen LogP contribution in [0.3, 0.4) is 0 Å². The fourth-order valence-electron chi connectivity index (χ4n) is 2.43.